The van der Waals surface area contributed by atoms with E-state index in [1.54, 1.807) is 0 Å². The van der Waals surface area contributed by atoms with Crippen LogP contribution in [0.3, 0.4) is 0 Å². The van der Waals surface area contributed by atoms with E-state index in [-0.39, 0.29) is 11.9 Å². The number of hydrogen-bond acceptors (Lipinski definition) is 3. The van der Waals surface area contributed by atoms with Crippen molar-refractivity contribution in [1.82, 2.24) is 10.3 Å². The number of amides is 1. The highest BCUT2D eigenvalue weighted by Gasteiger charge is 2.58. The van der Waals surface area contributed by atoms with Crippen LogP contribution in [-0.4, -0.2) is 23.0 Å². The summed E-state index contributed by atoms with van der Waals surface area (Å²) in [5.74, 6) is 1.37. The molecule has 0 radical (unpaired) electrons. The maximum Gasteiger partial charge on any atom is 0.242 e. The number of nitrogens with one attached hydrogen (secondary N) is 2. The second kappa shape index (κ2) is 4.28. The summed E-state index contributed by atoms with van der Waals surface area (Å²) in [5.41, 5.74) is 1.53. The molecule has 5 heteroatoms. The van der Waals surface area contributed by atoms with E-state index < -0.39 is 0 Å². The van der Waals surface area contributed by atoms with Gasteiger partial charge in [-0.05, 0) is 64.6 Å². The molecule has 1 aromatic heterocycles. The predicted molar refractivity (Wildman–Crippen MR) is 80.6 cm³/mol. The van der Waals surface area contributed by atoms with E-state index in [2.05, 4.69) is 44.5 Å². The Kier molecular flexibility index (Phi) is 2.73. The minimum Gasteiger partial charge on any atom is -0.309 e. The molecule has 0 spiro atoms. The molecule has 2 aliphatic carbocycles. The number of carbonyl (C=O) groups excluding carboxylic acids is 1. The van der Waals surface area contributed by atoms with Crippen molar-refractivity contribution >= 4 is 27.7 Å². The Labute approximate surface area is 126 Å². The van der Waals surface area contributed by atoms with E-state index in [0.717, 1.165) is 16.8 Å². The number of pyridine rings is 1. The van der Waals surface area contributed by atoms with Gasteiger partial charge in [-0.1, -0.05) is 13.0 Å². The lowest BCUT2D eigenvalue weighted by molar-refractivity contribution is -0.118. The fourth-order valence-electron chi connectivity index (χ4n) is 3.30. The molecule has 1 amide bonds. The molecular formula is C15H18BrN3O. The molecule has 106 valence electrons. The standard InChI is InChI=1S/C15H18BrN3O/c1-15-6-10(17-11(15)7-15)14(20)19-13-9(8-2-3-8)4-5-12(16)18-13/h4-5,8,10-11,17H,2-3,6-7H2,1H3,(H,18,19,20). The second-order valence-corrected chi connectivity index (χ2v) is 7.48. The van der Waals surface area contributed by atoms with E-state index in [1.807, 2.05) is 6.07 Å². The molecule has 3 aliphatic rings. The Bertz CT molecular complexity index is 586. The summed E-state index contributed by atoms with van der Waals surface area (Å²) >= 11 is 3.39. The van der Waals surface area contributed by atoms with E-state index in [4.69, 9.17) is 0 Å². The fraction of sp³-hybridized carbons (Fsp3) is 0.600. The zero-order valence-electron chi connectivity index (χ0n) is 11.4. The van der Waals surface area contributed by atoms with Gasteiger partial charge >= 0.3 is 0 Å². The van der Waals surface area contributed by atoms with Crippen LogP contribution in [0.5, 0.6) is 0 Å². The van der Waals surface area contributed by atoms with E-state index >= 15 is 0 Å². The molecular weight excluding hydrogens is 318 g/mol. The van der Waals surface area contributed by atoms with Crippen LogP contribution in [0.15, 0.2) is 16.7 Å². The van der Waals surface area contributed by atoms with Crippen LogP contribution in [-0.2, 0) is 4.79 Å². The number of fused-ring (bicyclic) bond motifs is 1. The Balaban J connectivity index is 1.51. The van der Waals surface area contributed by atoms with Crippen molar-refractivity contribution in [3.63, 3.8) is 0 Å². The van der Waals surface area contributed by atoms with Gasteiger partial charge in [-0.15, -0.1) is 0 Å². The van der Waals surface area contributed by atoms with Gasteiger partial charge in [0, 0.05) is 6.04 Å². The number of anilines is 1. The SMILES string of the molecule is CC12CC(C(=O)Nc3nc(Br)ccc3C3CC3)NC1C2. The van der Waals surface area contributed by atoms with Crippen LogP contribution < -0.4 is 10.6 Å². The normalized spacial score (nSPS) is 34.7. The summed E-state index contributed by atoms with van der Waals surface area (Å²) in [4.78, 5) is 16.9. The highest BCUT2D eigenvalue weighted by molar-refractivity contribution is 9.10. The zero-order valence-corrected chi connectivity index (χ0v) is 13.0. The molecule has 0 aromatic carbocycles. The highest BCUT2D eigenvalue weighted by atomic mass is 79.9. The quantitative estimate of drug-likeness (QED) is 0.835. The molecule has 20 heavy (non-hydrogen) atoms. The van der Waals surface area contributed by atoms with Crippen molar-refractivity contribution in [3.8, 4) is 0 Å². The maximum absolute atomic E-state index is 12.4. The first-order valence-corrected chi connectivity index (χ1v) is 8.08. The minimum atomic E-state index is -0.0633. The third kappa shape index (κ3) is 2.17. The number of nitrogens with zero attached hydrogens (tertiary/aromatic N) is 1. The minimum absolute atomic E-state index is 0.0610. The van der Waals surface area contributed by atoms with Gasteiger partial charge in [0.05, 0.1) is 6.04 Å². The average molecular weight is 336 g/mol. The van der Waals surface area contributed by atoms with Crippen LogP contribution >= 0.6 is 15.9 Å². The number of aromatic nitrogens is 1. The molecule has 0 bridgehead atoms. The monoisotopic (exact) mass is 335 g/mol. The molecule has 4 nitrogen and oxygen atoms in total. The largest absolute Gasteiger partial charge is 0.309 e. The number of rotatable bonds is 3. The van der Waals surface area contributed by atoms with Gasteiger partial charge in [0.25, 0.3) is 0 Å². The van der Waals surface area contributed by atoms with Crippen LogP contribution in [0.25, 0.3) is 0 Å². The summed E-state index contributed by atoms with van der Waals surface area (Å²) in [6.07, 6.45) is 4.55. The molecule has 3 unspecified atom stereocenters. The molecule has 4 rings (SSSR count). The maximum atomic E-state index is 12.4. The van der Waals surface area contributed by atoms with Crippen molar-refractivity contribution in [2.24, 2.45) is 5.41 Å². The summed E-state index contributed by atoms with van der Waals surface area (Å²) < 4.78 is 0.770. The van der Waals surface area contributed by atoms with Gasteiger partial charge in [0.15, 0.2) is 0 Å². The second-order valence-electron chi connectivity index (χ2n) is 6.67. The van der Waals surface area contributed by atoms with Crippen LogP contribution in [0.1, 0.15) is 44.1 Å². The Morgan fingerprint density at radius 3 is 2.90 bits per heavy atom. The fourth-order valence-corrected chi connectivity index (χ4v) is 3.61. The average Bonchev–Trinajstić information content (AvgIpc) is 3.29. The van der Waals surface area contributed by atoms with E-state index in [9.17, 15) is 4.79 Å². The highest BCUT2D eigenvalue weighted by Crippen LogP contribution is 2.54. The number of hydrogen-bond donors (Lipinski definition) is 2. The Hall–Kier alpha value is -0.940. The van der Waals surface area contributed by atoms with Crippen molar-refractivity contribution in [1.29, 1.82) is 0 Å². The third-order valence-corrected chi connectivity index (χ3v) is 5.33. The summed E-state index contributed by atoms with van der Waals surface area (Å²) in [7, 11) is 0. The molecule has 2 heterocycles. The molecule has 1 aromatic rings. The van der Waals surface area contributed by atoms with Gasteiger partial charge in [0.1, 0.15) is 10.4 Å². The molecule has 1 saturated heterocycles. The van der Waals surface area contributed by atoms with Gasteiger partial charge in [-0.3, -0.25) is 4.79 Å². The number of piperidine rings is 1. The van der Waals surface area contributed by atoms with Crippen molar-refractivity contribution in [2.45, 2.75) is 50.6 Å². The van der Waals surface area contributed by atoms with E-state index in [1.165, 1.54) is 24.8 Å². The van der Waals surface area contributed by atoms with E-state index in [0.29, 0.717) is 17.4 Å². The summed E-state index contributed by atoms with van der Waals surface area (Å²) in [5, 5.41) is 6.45. The van der Waals surface area contributed by atoms with Gasteiger partial charge in [-0.2, -0.15) is 0 Å². The first kappa shape index (κ1) is 12.8. The molecule has 2 saturated carbocycles. The lowest BCUT2D eigenvalue weighted by Gasteiger charge is -2.16. The summed E-state index contributed by atoms with van der Waals surface area (Å²) in [6, 6.07) is 4.50. The van der Waals surface area contributed by atoms with Gasteiger partial charge in [0.2, 0.25) is 5.91 Å². The Morgan fingerprint density at radius 2 is 2.25 bits per heavy atom. The molecule has 2 N–H and O–H groups in total. The predicted octanol–water partition coefficient (Wildman–Crippen LogP) is 2.80. The zero-order chi connectivity index (χ0) is 13.9. The van der Waals surface area contributed by atoms with Gasteiger partial charge < -0.3 is 10.6 Å². The molecule has 3 atom stereocenters. The number of halogens is 1. The molecule has 3 fully saturated rings. The topological polar surface area (TPSA) is 54.0 Å². The molecule has 1 aliphatic heterocycles. The first-order chi connectivity index (χ1) is 9.55. The number of carbonyl (C=O) groups is 1. The van der Waals surface area contributed by atoms with Gasteiger partial charge in [-0.25, -0.2) is 4.98 Å². The lowest BCUT2D eigenvalue weighted by Crippen LogP contribution is -2.38. The Morgan fingerprint density at radius 1 is 1.45 bits per heavy atom. The van der Waals surface area contributed by atoms with Crippen LogP contribution in [0, 0.1) is 5.41 Å². The first-order valence-electron chi connectivity index (χ1n) is 7.28. The lowest BCUT2D eigenvalue weighted by atomic mass is 10.0. The van der Waals surface area contributed by atoms with Crippen molar-refractivity contribution in [2.75, 3.05) is 5.32 Å². The smallest absolute Gasteiger partial charge is 0.242 e. The van der Waals surface area contributed by atoms with Crippen molar-refractivity contribution in [3.05, 3.63) is 22.3 Å². The third-order valence-electron chi connectivity index (χ3n) is 4.89. The van der Waals surface area contributed by atoms with Crippen LogP contribution in [0.4, 0.5) is 5.82 Å². The van der Waals surface area contributed by atoms with Crippen molar-refractivity contribution < 1.29 is 4.79 Å². The van der Waals surface area contributed by atoms with Crippen LogP contribution in [0.2, 0.25) is 0 Å². The summed E-state index contributed by atoms with van der Waals surface area (Å²) in [6.45, 7) is 2.25.